The molecule has 2 aliphatic heterocycles. The van der Waals surface area contributed by atoms with Crippen LogP contribution in [0, 0.1) is 5.92 Å². The second kappa shape index (κ2) is 4.21. The summed E-state index contributed by atoms with van der Waals surface area (Å²) in [5.41, 5.74) is 0. The molecule has 1 N–H and O–H groups in total. The van der Waals surface area contributed by atoms with Crippen LogP contribution in [-0.4, -0.2) is 34.5 Å². The highest BCUT2D eigenvalue weighted by Crippen LogP contribution is 2.30. The van der Waals surface area contributed by atoms with Crippen LogP contribution < -0.4 is 0 Å². The first-order valence-corrected chi connectivity index (χ1v) is 5.72. The predicted molar refractivity (Wildman–Crippen MR) is 54.3 cm³/mol. The molecule has 0 aromatic carbocycles. The molecule has 0 bridgehead atoms. The minimum Gasteiger partial charge on any atom is -0.481 e. The third kappa shape index (κ3) is 1.98. The van der Waals surface area contributed by atoms with E-state index in [0.717, 1.165) is 32.2 Å². The number of carboxylic acid groups (broad SMARTS) is 1. The van der Waals surface area contributed by atoms with Crippen molar-refractivity contribution in [1.29, 1.82) is 0 Å². The van der Waals surface area contributed by atoms with E-state index in [1.54, 1.807) is 0 Å². The first kappa shape index (κ1) is 10.5. The molecule has 1 amide bonds. The molecule has 0 radical (unpaired) electrons. The Morgan fingerprint density at radius 3 is 2.80 bits per heavy atom. The van der Waals surface area contributed by atoms with Crippen LogP contribution in [0.25, 0.3) is 0 Å². The number of fused-ring (bicyclic) bond motifs is 1. The lowest BCUT2D eigenvalue weighted by Gasteiger charge is -2.38. The first-order chi connectivity index (χ1) is 7.20. The molecule has 2 aliphatic rings. The molecule has 2 unspecified atom stereocenters. The molecule has 0 aliphatic carbocycles. The molecule has 0 saturated carbocycles. The lowest BCUT2D eigenvalue weighted by atomic mass is 9.86. The fourth-order valence-corrected chi connectivity index (χ4v) is 2.77. The van der Waals surface area contributed by atoms with Crippen LogP contribution in [0.4, 0.5) is 0 Å². The molecule has 4 nitrogen and oxygen atoms in total. The van der Waals surface area contributed by atoms with E-state index in [4.69, 9.17) is 5.11 Å². The zero-order chi connectivity index (χ0) is 10.8. The average molecular weight is 211 g/mol. The zero-order valence-corrected chi connectivity index (χ0v) is 8.82. The number of carbonyl (C=O) groups excluding carboxylic acids is 1. The van der Waals surface area contributed by atoms with Crippen molar-refractivity contribution >= 4 is 11.9 Å². The Hall–Kier alpha value is -1.06. The second-order valence-electron chi connectivity index (χ2n) is 4.49. The van der Waals surface area contributed by atoms with Gasteiger partial charge in [0.2, 0.25) is 5.91 Å². The highest BCUT2D eigenvalue weighted by atomic mass is 16.4. The van der Waals surface area contributed by atoms with Crippen molar-refractivity contribution in [3.63, 3.8) is 0 Å². The molecule has 2 fully saturated rings. The van der Waals surface area contributed by atoms with E-state index in [0.29, 0.717) is 12.8 Å². The van der Waals surface area contributed by atoms with Gasteiger partial charge in [-0.15, -0.1) is 0 Å². The van der Waals surface area contributed by atoms with Gasteiger partial charge in [0.1, 0.15) is 0 Å². The Kier molecular flexibility index (Phi) is 2.93. The largest absolute Gasteiger partial charge is 0.481 e. The van der Waals surface area contributed by atoms with Crippen molar-refractivity contribution in [2.75, 3.05) is 6.54 Å². The first-order valence-electron chi connectivity index (χ1n) is 5.72. The van der Waals surface area contributed by atoms with Gasteiger partial charge in [-0.2, -0.15) is 0 Å². The standard InChI is InChI=1S/C11H17NO3/c13-10-6-5-8(11(14)15)9-4-2-1-3-7-12(9)10/h8-9H,1-7H2,(H,14,15). The number of carbonyl (C=O) groups is 2. The molecule has 2 rings (SSSR count). The summed E-state index contributed by atoms with van der Waals surface area (Å²) in [6, 6.07) is -0.0359. The second-order valence-corrected chi connectivity index (χ2v) is 4.49. The third-order valence-corrected chi connectivity index (χ3v) is 3.57. The Labute approximate surface area is 89.3 Å². The van der Waals surface area contributed by atoms with Crippen LogP contribution >= 0.6 is 0 Å². The predicted octanol–water partition coefficient (Wildman–Crippen LogP) is 1.25. The molecule has 84 valence electrons. The molecule has 0 aromatic heterocycles. The van der Waals surface area contributed by atoms with Gasteiger partial charge in [-0.1, -0.05) is 12.8 Å². The van der Waals surface area contributed by atoms with Gasteiger partial charge >= 0.3 is 5.97 Å². The summed E-state index contributed by atoms with van der Waals surface area (Å²) in [4.78, 5) is 24.6. The normalized spacial score (nSPS) is 32.0. The number of hydrogen-bond donors (Lipinski definition) is 1. The van der Waals surface area contributed by atoms with Gasteiger partial charge in [0, 0.05) is 19.0 Å². The number of nitrogens with zero attached hydrogens (tertiary/aromatic N) is 1. The van der Waals surface area contributed by atoms with E-state index in [2.05, 4.69) is 0 Å². The monoisotopic (exact) mass is 211 g/mol. The summed E-state index contributed by atoms with van der Waals surface area (Å²) in [5, 5.41) is 9.12. The molecule has 2 saturated heterocycles. The minimum atomic E-state index is -0.737. The Balaban J connectivity index is 2.17. The lowest BCUT2D eigenvalue weighted by Crippen LogP contribution is -2.50. The van der Waals surface area contributed by atoms with E-state index in [-0.39, 0.29) is 17.9 Å². The summed E-state index contributed by atoms with van der Waals surface area (Å²) in [7, 11) is 0. The van der Waals surface area contributed by atoms with Gasteiger partial charge in [0.25, 0.3) is 0 Å². The van der Waals surface area contributed by atoms with E-state index in [1.807, 2.05) is 4.90 Å². The van der Waals surface area contributed by atoms with Crippen LogP contribution in [0.3, 0.4) is 0 Å². The van der Waals surface area contributed by atoms with E-state index < -0.39 is 5.97 Å². The molecular formula is C11H17NO3. The van der Waals surface area contributed by atoms with Gasteiger partial charge in [0.15, 0.2) is 0 Å². The number of amides is 1. The fraction of sp³-hybridized carbons (Fsp3) is 0.818. The number of piperidine rings is 1. The van der Waals surface area contributed by atoms with Crippen molar-refractivity contribution in [3.8, 4) is 0 Å². The molecule has 0 spiro atoms. The Bertz CT molecular complexity index is 277. The van der Waals surface area contributed by atoms with Crippen LogP contribution in [-0.2, 0) is 9.59 Å². The van der Waals surface area contributed by atoms with E-state index in [1.165, 1.54) is 0 Å². The topological polar surface area (TPSA) is 57.6 Å². The fourth-order valence-electron chi connectivity index (χ4n) is 2.77. The van der Waals surface area contributed by atoms with Crippen LogP contribution in [0.1, 0.15) is 38.5 Å². The molecular weight excluding hydrogens is 194 g/mol. The molecule has 2 atom stereocenters. The number of rotatable bonds is 1. The number of carboxylic acids is 1. The summed E-state index contributed by atoms with van der Waals surface area (Å²) >= 11 is 0. The molecule has 0 aromatic rings. The van der Waals surface area contributed by atoms with Crippen LogP contribution in [0.2, 0.25) is 0 Å². The van der Waals surface area contributed by atoms with Crippen molar-refractivity contribution in [3.05, 3.63) is 0 Å². The SMILES string of the molecule is O=C(O)C1CCC(=O)N2CCCCCC12. The maximum Gasteiger partial charge on any atom is 0.308 e. The zero-order valence-electron chi connectivity index (χ0n) is 8.82. The van der Waals surface area contributed by atoms with Gasteiger partial charge in [-0.3, -0.25) is 9.59 Å². The summed E-state index contributed by atoms with van der Waals surface area (Å²) in [6.45, 7) is 0.757. The van der Waals surface area contributed by atoms with Crippen LogP contribution in [0.5, 0.6) is 0 Å². The summed E-state index contributed by atoms with van der Waals surface area (Å²) in [5.74, 6) is -0.917. The van der Waals surface area contributed by atoms with Gasteiger partial charge < -0.3 is 10.0 Å². The van der Waals surface area contributed by atoms with E-state index >= 15 is 0 Å². The highest BCUT2D eigenvalue weighted by molar-refractivity contribution is 5.81. The lowest BCUT2D eigenvalue weighted by molar-refractivity contribution is -0.151. The van der Waals surface area contributed by atoms with Crippen molar-refractivity contribution < 1.29 is 14.7 Å². The van der Waals surface area contributed by atoms with Crippen molar-refractivity contribution in [2.24, 2.45) is 5.92 Å². The summed E-state index contributed by atoms with van der Waals surface area (Å²) < 4.78 is 0. The van der Waals surface area contributed by atoms with Crippen LogP contribution in [0.15, 0.2) is 0 Å². The quantitative estimate of drug-likeness (QED) is 0.710. The van der Waals surface area contributed by atoms with Gasteiger partial charge in [-0.05, 0) is 19.3 Å². The molecule has 4 heteroatoms. The molecule has 15 heavy (non-hydrogen) atoms. The average Bonchev–Trinajstić information content (AvgIpc) is 2.43. The highest BCUT2D eigenvalue weighted by Gasteiger charge is 2.39. The third-order valence-electron chi connectivity index (χ3n) is 3.57. The number of aliphatic carboxylic acids is 1. The Morgan fingerprint density at radius 1 is 1.27 bits per heavy atom. The maximum atomic E-state index is 11.7. The Morgan fingerprint density at radius 2 is 2.07 bits per heavy atom. The van der Waals surface area contributed by atoms with Gasteiger partial charge in [0.05, 0.1) is 5.92 Å². The van der Waals surface area contributed by atoms with Gasteiger partial charge in [-0.25, -0.2) is 0 Å². The van der Waals surface area contributed by atoms with E-state index in [9.17, 15) is 9.59 Å². The number of hydrogen-bond acceptors (Lipinski definition) is 2. The van der Waals surface area contributed by atoms with Crippen molar-refractivity contribution in [1.82, 2.24) is 4.90 Å². The molecule has 2 heterocycles. The summed E-state index contributed by atoms with van der Waals surface area (Å²) in [6.07, 6.45) is 4.99. The van der Waals surface area contributed by atoms with Crippen molar-refractivity contribution in [2.45, 2.75) is 44.6 Å². The maximum absolute atomic E-state index is 11.7. The minimum absolute atomic E-state index is 0.0359. The smallest absolute Gasteiger partial charge is 0.308 e.